The molecule has 0 atom stereocenters. The number of pyridine rings is 1. The fourth-order valence-corrected chi connectivity index (χ4v) is 2.69. The minimum atomic E-state index is -0.184. The van der Waals surface area contributed by atoms with E-state index in [-0.39, 0.29) is 11.7 Å². The number of rotatable bonds is 3. The summed E-state index contributed by atoms with van der Waals surface area (Å²) in [6.07, 6.45) is 2.40. The zero-order valence-electron chi connectivity index (χ0n) is 12.5. The minimum absolute atomic E-state index is 0.110. The van der Waals surface area contributed by atoms with Crippen molar-refractivity contribution in [2.75, 3.05) is 18.0 Å². The Bertz CT molecular complexity index is 685. The molecule has 1 aromatic heterocycles. The van der Waals surface area contributed by atoms with Crippen LogP contribution in [0.2, 0.25) is 0 Å². The molecular weight excluding hydrogens is 281 g/mol. The van der Waals surface area contributed by atoms with Gasteiger partial charge in [0.25, 0.3) is 5.91 Å². The topological polar surface area (TPSA) is 45.2 Å². The highest BCUT2D eigenvalue weighted by molar-refractivity contribution is 5.94. The van der Waals surface area contributed by atoms with E-state index in [9.17, 15) is 9.18 Å². The Morgan fingerprint density at radius 3 is 2.91 bits per heavy atom. The van der Waals surface area contributed by atoms with Crippen molar-refractivity contribution in [1.29, 1.82) is 0 Å². The minimum Gasteiger partial charge on any atom is -0.352 e. The van der Waals surface area contributed by atoms with Crippen molar-refractivity contribution in [2.45, 2.75) is 19.9 Å². The highest BCUT2D eigenvalue weighted by atomic mass is 19.1. The summed E-state index contributed by atoms with van der Waals surface area (Å²) in [7, 11) is 0. The lowest BCUT2D eigenvalue weighted by Gasteiger charge is -2.29. The van der Waals surface area contributed by atoms with Gasteiger partial charge in [-0.1, -0.05) is 6.07 Å². The predicted octanol–water partition coefficient (Wildman–Crippen LogP) is 2.53. The summed E-state index contributed by atoms with van der Waals surface area (Å²) in [6, 6.07) is 8.58. The van der Waals surface area contributed by atoms with E-state index in [2.05, 4.69) is 15.2 Å². The molecule has 3 rings (SSSR count). The summed E-state index contributed by atoms with van der Waals surface area (Å²) in [5.41, 5.74) is 2.75. The van der Waals surface area contributed by atoms with Crippen LogP contribution < -0.4 is 10.2 Å². The quantitative estimate of drug-likeness (QED) is 0.947. The van der Waals surface area contributed by atoms with E-state index in [1.807, 2.05) is 19.1 Å². The van der Waals surface area contributed by atoms with Crippen LogP contribution >= 0.6 is 0 Å². The van der Waals surface area contributed by atoms with Crippen molar-refractivity contribution < 1.29 is 9.18 Å². The Labute approximate surface area is 129 Å². The van der Waals surface area contributed by atoms with Crippen LogP contribution in [0.25, 0.3) is 0 Å². The molecule has 114 valence electrons. The molecule has 0 spiro atoms. The van der Waals surface area contributed by atoms with Gasteiger partial charge in [-0.3, -0.25) is 4.79 Å². The van der Waals surface area contributed by atoms with Gasteiger partial charge in [0.15, 0.2) is 0 Å². The van der Waals surface area contributed by atoms with Crippen LogP contribution in [0.15, 0.2) is 36.5 Å². The van der Waals surface area contributed by atoms with Crippen LogP contribution in [0.1, 0.15) is 28.4 Å². The van der Waals surface area contributed by atoms with Gasteiger partial charge < -0.3 is 10.2 Å². The second kappa shape index (κ2) is 6.13. The molecule has 1 amide bonds. The molecular formula is C17H18FN3O. The van der Waals surface area contributed by atoms with Crippen molar-refractivity contribution >= 4 is 11.7 Å². The lowest BCUT2D eigenvalue weighted by Crippen LogP contribution is -2.31. The van der Waals surface area contributed by atoms with Crippen LogP contribution in [-0.2, 0) is 13.0 Å². The Kier molecular flexibility index (Phi) is 4.04. The fourth-order valence-electron chi connectivity index (χ4n) is 2.69. The molecule has 0 bridgehead atoms. The van der Waals surface area contributed by atoms with Crippen LogP contribution in [0.5, 0.6) is 0 Å². The summed E-state index contributed by atoms with van der Waals surface area (Å²) in [5, 5.41) is 2.75. The van der Waals surface area contributed by atoms with Crippen molar-refractivity contribution in [1.82, 2.24) is 10.3 Å². The van der Waals surface area contributed by atoms with Crippen molar-refractivity contribution in [3.63, 3.8) is 0 Å². The fraction of sp³-hybridized carbons (Fsp3) is 0.294. The van der Waals surface area contributed by atoms with Gasteiger partial charge in [-0.15, -0.1) is 0 Å². The molecule has 1 aromatic carbocycles. The summed E-state index contributed by atoms with van der Waals surface area (Å²) in [5.74, 6) is 0.542. The number of hydrogen-bond acceptors (Lipinski definition) is 3. The van der Waals surface area contributed by atoms with Gasteiger partial charge in [-0.2, -0.15) is 0 Å². The van der Waals surface area contributed by atoms with E-state index in [0.717, 1.165) is 29.9 Å². The number of nitrogens with zero attached hydrogens (tertiary/aromatic N) is 2. The molecule has 1 aliphatic rings. The number of halogens is 1. The average molecular weight is 299 g/mol. The Morgan fingerprint density at radius 2 is 2.18 bits per heavy atom. The van der Waals surface area contributed by atoms with Crippen LogP contribution in [0.4, 0.5) is 10.2 Å². The number of aromatic nitrogens is 1. The number of benzene rings is 1. The van der Waals surface area contributed by atoms with Crippen molar-refractivity contribution in [3.05, 3.63) is 59.0 Å². The van der Waals surface area contributed by atoms with Gasteiger partial charge in [0.05, 0.1) is 5.56 Å². The smallest absolute Gasteiger partial charge is 0.252 e. The van der Waals surface area contributed by atoms with Gasteiger partial charge in [0.1, 0.15) is 11.6 Å². The maximum Gasteiger partial charge on any atom is 0.252 e. The number of carbonyl (C=O) groups is 1. The lowest BCUT2D eigenvalue weighted by atomic mass is 9.99. The Balaban J connectivity index is 1.75. The monoisotopic (exact) mass is 299 g/mol. The zero-order chi connectivity index (χ0) is 15.5. The van der Waals surface area contributed by atoms with E-state index in [1.165, 1.54) is 6.07 Å². The molecule has 4 nitrogen and oxygen atoms in total. The largest absolute Gasteiger partial charge is 0.352 e. The van der Waals surface area contributed by atoms with Gasteiger partial charge >= 0.3 is 0 Å². The number of anilines is 1. The maximum atomic E-state index is 13.2. The maximum absolute atomic E-state index is 13.2. The van der Waals surface area contributed by atoms with Gasteiger partial charge in [0.2, 0.25) is 0 Å². The number of fused-ring (bicyclic) bond motifs is 1. The SMILES string of the molecule is CCNC(=O)c1ccc(N2CCc3cc(F)ccc3C2)nc1. The molecule has 0 saturated carbocycles. The number of nitrogens with one attached hydrogen (secondary N) is 1. The Morgan fingerprint density at radius 1 is 1.32 bits per heavy atom. The van der Waals surface area contributed by atoms with Gasteiger partial charge in [-0.25, -0.2) is 9.37 Å². The van der Waals surface area contributed by atoms with E-state index >= 15 is 0 Å². The zero-order valence-corrected chi connectivity index (χ0v) is 12.5. The third-order valence-corrected chi connectivity index (χ3v) is 3.85. The summed E-state index contributed by atoms with van der Waals surface area (Å²) in [4.78, 5) is 18.3. The third kappa shape index (κ3) is 2.93. The molecule has 0 fully saturated rings. The second-order valence-electron chi connectivity index (χ2n) is 5.35. The molecule has 2 heterocycles. The molecule has 0 unspecified atom stereocenters. The number of hydrogen-bond donors (Lipinski definition) is 1. The molecule has 1 N–H and O–H groups in total. The first-order chi connectivity index (χ1) is 10.7. The first-order valence-corrected chi connectivity index (χ1v) is 7.44. The summed E-state index contributed by atoms with van der Waals surface area (Å²) < 4.78 is 13.2. The standard InChI is InChI=1S/C17H18FN3O/c1-2-19-17(22)13-4-6-16(20-10-13)21-8-7-12-9-15(18)5-3-14(12)11-21/h3-6,9-10H,2,7-8,11H2,1H3,(H,19,22). The molecule has 0 saturated heterocycles. The summed E-state index contributed by atoms with van der Waals surface area (Å²) >= 11 is 0. The van der Waals surface area contributed by atoms with E-state index in [1.54, 1.807) is 18.3 Å². The molecule has 1 aliphatic heterocycles. The number of amides is 1. The normalized spacial score (nSPS) is 13.6. The first-order valence-electron chi connectivity index (χ1n) is 7.44. The first kappa shape index (κ1) is 14.5. The predicted molar refractivity (Wildman–Crippen MR) is 83.4 cm³/mol. The van der Waals surface area contributed by atoms with Crippen LogP contribution in [0.3, 0.4) is 0 Å². The molecule has 22 heavy (non-hydrogen) atoms. The van der Waals surface area contributed by atoms with E-state index < -0.39 is 0 Å². The highest BCUT2D eigenvalue weighted by Crippen LogP contribution is 2.23. The van der Waals surface area contributed by atoms with Gasteiger partial charge in [0, 0.05) is 25.8 Å². The summed E-state index contributed by atoms with van der Waals surface area (Å²) in [6.45, 7) is 3.99. The average Bonchev–Trinajstić information content (AvgIpc) is 2.55. The van der Waals surface area contributed by atoms with E-state index in [0.29, 0.717) is 18.7 Å². The van der Waals surface area contributed by atoms with Crippen molar-refractivity contribution in [2.24, 2.45) is 0 Å². The van der Waals surface area contributed by atoms with Crippen molar-refractivity contribution in [3.8, 4) is 0 Å². The highest BCUT2D eigenvalue weighted by Gasteiger charge is 2.18. The third-order valence-electron chi connectivity index (χ3n) is 3.85. The number of carbonyl (C=O) groups excluding carboxylic acids is 1. The molecule has 0 radical (unpaired) electrons. The van der Waals surface area contributed by atoms with Crippen LogP contribution in [0, 0.1) is 5.82 Å². The molecule has 5 heteroatoms. The lowest BCUT2D eigenvalue weighted by molar-refractivity contribution is 0.0955. The molecule has 2 aromatic rings. The van der Waals surface area contributed by atoms with Gasteiger partial charge in [-0.05, 0) is 48.7 Å². The Hall–Kier alpha value is -2.43. The second-order valence-corrected chi connectivity index (χ2v) is 5.35. The van der Waals surface area contributed by atoms with Crippen LogP contribution in [-0.4, -0.2) is 24.0 Å². The molecule has 0 aliphatic carbocycles. The van der Waals surface area contributed by atoms with E-state index in [4.69, 9.17) is 0 Å².